The van der Waals surface area contributed by atoms with E-state index in [1.54, 1.807) is 0 Å². The van der Waals surface area contributed by atoms with Gasteiger partial charge in [0.1, 0.15) is 0 Å². The largest absolute Gasteiger partial charge is 0.371 e. The van der Waals surface area contributed by atoms with Crippen molar-refractivity contribution in [1.29, 1.82) is 0 Å². The van der Waals surface area contributed by atoms with Gasteiger partial charge in [0.2, 0.25) is 11.8 Å². The standard InChI is InChI=1S/C25H35N3O2/c29-23(27-17-21-5-1-2-6-22(21)28-9-3-4-10-28)7-8-26-24(30)25-14-18-11-19(15-25)13-20(12-18)16-25/h1-2,5-6,18-20H,3-4,7-17H2,(H,26,30)(H,27,29). The second-order valence-corrected chi connectivity index (χ2v) is 10.3. The maximum absolute atomic E-state index is 13.0. The third kappa shape index (κ3) is 3.95. The molecule has 4 saturated carbocycles. The molecule has 1 aliphatic heterocycles. The Kier molecular flexibility index (Phi) is 5.46. The Bertz CT molecular complexity index is 764. The third-order valence-electron chi connectivity index (χ3n) is 8.07. The molecule has 2 N–H and O–H groups in total. The highest BCUT2D eigenvalue weighted by Crippen LogP contribution is 2.60. The van der Waals surface area contributed by atoms with Gasteiger partial charge in [0.25, 0.3) is 0 Å². The fraction of sp³-hybridized carbons (Fsp3) is 0.680. The molecule has 1 heterocycles. The number of rotatable bonds is 7. The molecule has 2 amide bonds. The maximum atomic E-state index is 13.0. The second-order valence-electron chi connectivity index (χ2n) is 10.3. The molecule has 5 heteroatoms. The zero-order valence-electron chi connectivity index (χ0n) is 18.0. The first-order valence-electron chi connectivity index (χ1n) is 12.0. The van der Waals surface area contributed by atoms with Crippen LogP contribution in [0, 0.1) is 23.2 Å². The van der Waals surface area contributed by atoms with Crippen LogP contribution in [0.15, 0.2) is 24.3 Å². The number of nitrogens with zero attached hydrogens (tertiary/aromatic N) is 1. The lowest BCUT2D eigenvalue weighted by Crippen LogP contribution is -2.53. The Hall–Kier alpha value is -2.04. The van der Waals surface area contributed by atoms with Crippen molar-refractivity contribution in [2.24, 2.45) is 23.2 Å². The summed E-state index contributed by atoms with van der Waals surface area (Å²) in [6, 6.07) is 8.35. The van der Waals surface area contributed by atoms with Gasteiger partial charge in [0.15, 0.2) is 0 Å². The summed E-state index contributed by atoms with van der Waals surface area (Å²) in [5.74, 6) is 2.52. The predicted molar refractivity (Wildman–Crippen MR) is 118 cm³/mol. The van der Waals surface area contributed by atoms with Crippen molar-refractivity contribution in [3.63, 3.8) is 0 Å². The van der Waals surface area contributed by atoms with E-state index in [0.29, 0.717) is 19.5 Å². The van der Waals surface area contributed by atoms with E-state index in [9.17, 15) is 9.59 Å². The number of nitrogens with one attached hydrogen (secondary N) is 2. The highest BCUT2D eigenvalue weighted by Gasteiger charge is 2.54. The molecule has 5 fully saturated rings. The van der Waals surface area contributed by atoms with E-state index >= 15 is 0 Å². The molecule has 0 atom stereocenters. The first-order chi connectivity index (χ1) is 14.6. The molecular weight excluding hydrogens is 374 g/mol. The zero-order chi connectivity index (χ0) is 20.6. The summed E-state index contributed by atoms with van der Waals surface area (Å²) in [4.78, 5) is 27.8. The molecule has 4 bridgehead atoms. The SMILES string of the molecule is O=C(CCNC(=O)C12CC3CC(CC(C3)C1)C2)NCc1ccccc1N1CCCC1. The van der Waals surface area contributed by atoms with Crippen LogP contribution < -0.4 is 15.5 Å². The molecule has 1 aromatic rings. The van der Waals surface area contributed by atoms with E-state index in [4.69, 9.17) is 0 Å². The van der Waals surface area contributed by atoms with E-state index in [0.717, 1.165) is 50.1 Å². The topological polar surface area (TPSA) is 61.4 Å². The number of hydrogen-bond acceptors (Lipinski definition) is 3. The fourth-order valence-corrected chi connectivity index (χ4v) is 7.07. The molecule has 4 aliphatic carbocycles. The van der Waals surface area contributed by atoms with E-state index in [2.05, 4.69) is 33.7 Å². The van der Waals surface area contributed by atoms with Crippen LogP contribution in [-0.2, 0) is 16.1 Å². The summed E-state index contributed by atoms with van der Waals surface area (Å²) in [5, 5.41) is 6.17. The third-order valence-corrected chi connectivity index (χ3v) is 8.07. The van der Waals surface area contributed by atoms with Crippen molar-refractivity contribution in [2.75, 3.05) is 24.5 Å². The van der Waals surface area contributed by atoms with Crippen molar-refractivity contribution in [2.45, 2.75) is 64.3 Å². The number of amides is 2. The van der Waals surface area contributed by atoms with Gasteiger partial charge in [-0.2, -0.15) is 0 Å². The van der Waals surface area contributed by atoms with E-state index in [1.807, 2.05) is 6.07 Å². The van der Waals surface area contributed by atoms with Crippen molar-refractivity contribution < 1.29 is 9.59 Å². The quantitative estimate of drug-likeness (QED) is 0.723. The zero-order valence-corrected chi connectivity index (χ0v) is 18.0. The highest BCUT2D eigenvalue weighted by molar-refractivity contribution is 5.84. The Morgan fingerprint density at radius 2 is 1.57 bits per heavy atom. The van der Waals surface area contributed by atoms with Crippen molar-refractivity contribution in [3.8, 4) is 0 Å². The van der Waals surface area contributed by atoms with Crippen LogP contribution in [0.5, 0.6) is 0 Å². The molecule has 0 spiro atoms. The van der Waals surface area contributed by atoms with Crippen LogP contribution in [0.3, 0.4) is 0 Å². The van der Waals surface area contributed by atoms with Crippen LogP contribution in [0.25, 0.3) is 0 Å². The van der Waals surface area contributed by atoms with E-state index < -0.39 is 0 Å². The first-order valence-corrected chi connectivity index (χ1v) is 12.0. The van der Waals surface area contributed by atoms with E-state index in [-0.39, 0.29) is 17.2 Å². The second kappa shape index (κ2) is 8.24. The molecule has 30 heavy (non-hydrogen) atoms. The van der Waals surface area contributed by atoms with Gasteiger partial charge in [-0.25, -0.2) is 0 Å². The Balaban J connectivity index is 1.09. The summed E-state index contributed by atoms with van der Waals surface area (Å²) < 4.78 is 0. The molecule has 162 valence electrons. The van der Waals surface area contributed by atoms with Crippen LogP contribution in [0.1, 0.15) is 63.4 Å². The molecule has 6 rings (SSSR count). The molecule has 1 saturated heterocycles. The van der Waals surface area contributed by atoms with Crippen LogP contribution in [0.2, 0.25) is 0 Å². The lowest BCUT2D eigenvalue weighted by Gasteiger charge is -2.55. The fourth-order valence-electron chi connectivity index (χ4n) is 7.07. The minimum absolute atomic E-state index is 0.0111. The van der Waals surface area contributed by atoms with Crippen LogP contribution in [-0.4, -0.2) is 31.4 Å². The molecular formula is C25H35N3O2. The maximum Gasteiger partial charge on any atom is 0.226 e. The molecule has 5 aliphatic rings. The molecule has 0 radical (unpaired) electrons. The highest BCUT2D eigenvalue weighted by atomic mass is 16.2. The minimum atomic E-state index is -0.125. The Morgan fingerprint density at radius 1 is 0.933 bits per heavy atom. The lowest BCUT2D eigenvalue weighted by atomic mass is 9.49. The molecule has 1 aromatic carbocycles. The first kappa shape index (κ1) is 19.9. The molecule has 0 unspecified atom stereocenters. The number of anilines is 1. The van der Waals surface area contributed by atoms with Crippen molar-refractivity contribution >= 4 is 17.5 Å². The summed E-state index contributed by atoms with van der Waals surface area (Å²) in [5.41, 5.74) is 2.29. The average molecular weight is 410 g/mol. The molecule has 5 nitrogen and oxygen atoms in total. The van der Waals surface area contributed by atoms with Gasteiger partial charge in [0.05, 0.1) is 0 Å². The minimum Gasteiger partial charge on any atom is -0.371 e. The van der Waals surface area contributed by atoms with Gasteiger partial charge >= 0.3 is 0 Å². The molecule has 0 aromatic heterocycles. The Labute approximate surface area is 180 Å². The average Bonchev–Trinajstić information content (AvgIpc) is 3.26. The lowest BCUT2D eigenvalue weighted by molar-refractivity contribution is -0.146. The number of carbonyl (C=O) groups is 2. The smallest absolute Gasteiger partial charge is 0.226 e. The number of hydrogen-bond donors (Lipinski definition) is 2. The number of carbonyl (C=O) groups excluding carboxylic acids is 2. The van der Waals surface area contributed by atoms with Crippen molar-refractivity contribution in [3.05, 3.63) is 29.8 Å². The van der Waals surface area contributed by atoms with Gasteiger partial charge < -0.3 is 15.5 Å². The van der Waals surface area contributed by atoms with Crippen LogP contribution in [0.4, 0.5) is 5.69 Å². The normalized spacial score (nSPS) is 31.7. The Morgan fingerprint density at radius 3 is 2.23 bits per heavy atom. The van der Waals surface area contributed by atoms with Gasteiger partial charge in [-0.05, 0) is 80.8 Å². The van der Waals surface area contributed by atoms with Crippen molar-refractivity contribution in [1.82, 2.24) is 10.6 Å². The number of para-hydroxylation sites is 1. The summed E-state index contributed by atoms with van der Waals surface area (Å²) in [6.07, 6.45) is 10.1. The number of benzene rings is 1. The van der Waals surface area contributed by atoms with Gasteiger partial charge in [0, 0.05) is 43.7 Å². The van der Waals surface area contributed by atoms with E-state index in [1.165, 1.54) is 43.4 Å². The summed E-state index contributed by atoms with van der Waals surface area (Å²) in [7, 11) is 0. The monoisotopic (exact) mass is 409 g/mol. The van der Waals surface area contributed by atoms with Crippen LogP contribution >= 0.6 is 0 Å². The summed E-state index contributed by atoms with van der Waals surface area (Å²) in [6.45, 7) is 3.19. The predicted octanol–water partition coefficient (Wildman–Crippen LogP) is 3.63. The van der Waals surface area contributed by atoms with Gasteiger partial charge in [-0.15, -0.1) is 0 Å². The van der Waals surface area contributed by atoms with Gasteiger partial charge in [-0.1, -0.05) is 18.2 Å². The summed E-state index contributed by atoms with van der Waals surface area (Å²) >= 11 is 0. The van der Waals surface area contributed by atoms with Gasteiger partial charge in [-0.3, -0.25) is 9.59 Å².